The summed E-state index contributed by atoms with van der Waals surface area (Å²) < 4.78 is 7.02. The number of halogens is 2. The number of carbonyl (C=O) groups is 1. The Labute approximate surface area is 127 Å². The molecule has 2 aromatic rings. The lowest BCUT2D eigenvalue weighted by Gasteiger charge is -2.09. The zero-order valence-corrected chi connectivity index (χ0v) is 13.3. The largest absolute Gasteiger partial charge is 0.451 e. The molecule has 3 N–H and O–H groups in total. The minimum atomic E-state index is -0.423. The molecule has 4 nitrogen and oxygen atoms in total. The Kier molecular flexibility index (Phi) is 4.31. The molecule has 1 aromatic heterocycles. The predicted octanol–water partition coefficient (Wildman–Crippen LogP) is 3.82. The second-order valence-corrected chi connectivity index (χ2v) is 5.66. The minimum absolute atomic E-state index is 0.423. The number of furan rings is 1. The lowest BCUT2D eigenvalue weighted by molar-refractivity contribution is 0.1000. The van der Waals surface area contributed by atoms with Crippen molar-refractivity contribution in [2.75, 3.05) is 5.32 Å². The summed E-state index contributed by atoms with van der Waals surface area (Å²) in [4.78, 5) is 11.1. The van der Waals surface area contributed by atoms with E-state index in [1.807, 2.05) is 19.1 Å². The van der Waals surface area contributed by atoms with Gasteiger partial charge in [-0.25, -0.2) is 0 Å². The lowest BCUT2D eigenvalue weighted by Crippen LogP contribution is -2.11. The summed E-state index contributed by atoms with van der Waals surface area (Å²) in [5.74, 6) is 0.380. The molecule has 0 spiro atoms. The van der Waals surface area contributed by atoms with E-state index in [4.69, 9.17) is 10.2 Å². The van der Waals surface area contributed by atoms with Gasteiger partial charge in [-0.15, -0.1) is 0 Å². The van der Waals surface area contributed by atoms with Crippen LogP contribution in [-0.4, -0.2) is 5.91 Å². The van der Waals surface area contributed by atoms with Gasteiger partial charge in [0.15, 0.2) is 4.67 Å². The molecule has 0 aliphatic heterocycles. The van der Waals surface area contributed by atoms with Crippen molar-refractivity contribution in [3.05, 3.63) is 50.3 Å². The number of aryl methyl sites for hydroxylation is 1. The van der Waals surface area contributed by atoms with Gasteiger partial charge in [-0.05, 0) is 68.6 Å². The van der Waals surface area contributed by atoms with Crippen LogP contribution in [0.1, 0.15) is 21.7 Å². The van der Waals surface area contributed by atoms with Gasteiger partial charge in [-0.2, -0.15) is 0 Å². The number of carbonyl (C=O) groups excluding carboxylic acids is 1. The highest BCUT2D eigenvalue weighted by Crippen LogP contribution is 2.27. The molecule has 0 aliphatic rings. The van der Waals surface area contributed by atoms with Crippen molar-refractivity contribution in [1.82, 2.24) is 0 Å². The number of hydrogen-bond donors (Lipinski definition) is 2. The molecule has 1 heterocycles. The van der Waals surface area contributed by atoms with Gasteiger partial charge < -0.3 is 15.5 Å². The number of nitrogens with one attached hydrogen (secondary N) is 1. The molecule has 0 aliphatic carbocycles. The van der Waals surface area contributed by atoms with Gasteiger partial charge in [-0.1, -0.05) is 0 Å². The molecule has 0 atom stereocenters. The average Bonchev–Trinajstić information content (AvgIpc) is 2.67. The average molecular weight is 388 g/mol. The lowest BCUT2D eigenvalue weighted by atomic mass is 10.1. The molecule has 0 fully saturated rings. The van der Waals surface area contributed by atoms with Crippen LogP contribution in [0.5, 0.6) is 0 Å². The Hall–Kier alpha value is -1.27. The van der Waals surface area contributed by atoms with E-state index in [1.165, 1.54) is 0 Å². The predicted molar refractivity (Wildman–Crippen MR) is 81.1 cm³/mol. The summed E-state index contributed by atoms with van der Waals surface area (Å²) in [6.45, 7) is 2.48. The maximum absolute atomic E-state index is 11.1. The van der Waals surface area contributed by atoms with Crippen molar-refractivity contribution in [3.63, 3.8) is 0 Å². The third-order valence-electron chi connectivity index (χ3n) is 2.66. The fourth-order valence-electron chi connectivity index (χ4n) is 1.68. The molecular weight excluding hydrogens is 376 g/mol. The third-order valence-corrected chi connectivity index (χ3v) is 4.37. The normalized spacial score (nSPS) is 10.5. The molecule has 0 saturated carbocycles. The molecule has 0 saturated heterocycles. The first-order valence-corrected chi connectivity index (χ1v) is 7.14. The Morgan fingerprint density at radius 2 is 2.11 bits per heavy atom. The summed E-state index contributed by atoms with van der Waals surface area (Å²) in [5.41, 5.74) is 7.64. The topological polar surface area (TPSA) is 68.3 Å². The Balaban J connectivity index is 2.09. The number of amides is 1. The highest BCUT2D eigenvalue weighted by atomic mass is 79.9. The van der Waals surface area contributed by atoms with Gasteiger partial charge in [0.1, 0.15) is 5.76 Å². The van der Waals surface area contributed by atoms with Crippen LogP contribution < -0.4 is 11.1 Å². The van der Waals surface area contributed by atoms with Crippen LogP contribution in [0.2, 0.25) is 0 Å². The van der Waals surface area contributed by atoms with E-state index in [0.717, 1.165) is 21.5 Å². The zero-order chi connectivity index (χ0) is 14.0. The van der Waals surface area contributed by atoms with Crippen LogP contribution in [0.4, 0.5) is 5.69 Å². The summed E-state index contributed by atoms with van der Waals surface area (Å²) in [6.07, 6.45) is 0. The first-order chi connectivity index (χ1) is 8.97. The second-order valence-electron chi connectivity index (χ2n) is 4.08. The van der Waals surface area contributed by atoms with E-state index in [2.05, 4.69) is 37.2 Å². The summed E-state index contributed by atoms with van der Waals surface area (Å²) in [5, 5.41) is 3.25. The van der Waals surface area contributed by atoms with Crippen molar-refractivity contribution in [2.24, 2.45) is 5.73 Å². The van der Waals surface area contributed by atoms with Gasteiger partial charge in [0.05, 0.1) is 11.0 Å². The van der Waals surface area contributed by atoms with Crippen molar-refractivity contribution >= 4 is 43.5 Å². The number of nitrogens with two attached hydrogens (primary N) is 1. The van der Waals surface area contributed by atoms with Crippen LogP contribution in [0.15, 0.2) is 37.8 Å². The van der Waals surface area contributed by atoms with Gasteiger partial charge in [0, 0.05) is 11.3 Å². The number of primary amides is 1. The zero-order valence-electron chi connectivity index (χ0n) is 10.2. The number of benzene rings is 1. The van der Waals surface area contributed by atoms with Gasteiger partial charge in [0.2, 0.25) is 5.91 Å². The third kappa shape index (κ3) is 3.39. The standard InChI is InChI=1S/C13H12Br2N2O2/c1-7-4-8(13(16)18)2-3-11(7)17-6-9-5-10(14)12(15)19-9/h2-5,17H,6H2,1H3,(H2,16,18). The Bertz CT molecular complexity index is 604. The fraction of sp³-hybridized carbons (Fsp3) is 0.154. The van der Waals surface area contributed by atoms with Crippen molar-refractivity contribution in [2.45, 2.75) is 13.5 Å². The molecule has 1 aromatic carbocycles. The highest BCUT2D eigenvalue weighted by Gasteiger charge is 2.07. The molecule has 19 heavy (non-hydrogen) atoms. The molecule has 100 valence electrons. The SMILES string of the molecule is Cc1cc(C(N)=O)ccc1NCc1cc(Br)c(Br)o1. The van der Waals surface area contributed by atoms with Crippen LogP contribution in [0.25, 0.3) is 0 Å². The van der Waals surface area contributed by atoms with E-state index >= 15 is 0 Å². The number of anilines is 1. The van der Waals surface area contributed by atoms with E-state index in [9.17, 15) is 4.79 Å². The van der Waals surface area contributed by atoms with Crippen LogP contribution in [-0.2, 0) is 6.54 Å². The van der Waals surface area contributed by atoms with Gasteiger partial charge >= 0.3 is 0 Å². The van der Waals surface area contributed by atoms with E-state index in [1.54, 1.807) is 12.1 Å². The molecule has 2 rings (SSSR count). The highest BCUT2D eigenvalue weighted by molar-refractivity contribution is 9.13. The molecule has 1 amide bonds. The Morgan fingerprint density at radius 1 is 1.37 bits per heavy atom. The summed E-state index contributed by atoms with van der Waals surface area (Å²) in [6, 6.07) is 7.19. The molecular formula is C13H12Br2N2O2. The molecule has 0 radical (unpaired) electrons. The second kappa shape index (κ2) is 5.79. The maximum Gasteiger partial charge on any atom is 0.248 e. The molecule has 0 unspecified atom stereocenters. The summed E-state index contributed by atoms with van der Waals surface area (Å²) >= 11 is 6.65. The van der Waals surface area contributed by atoms with Crippen LogP contribution >= 0.6 is 31.9 Å². The fourth-order valence-corrected chi connectivity index (χ4v) is 2.33. The molecule has 0 bridgehead atoms. The van der Waals surface area contributed by atoms with Crippen LogP contribution in [0, 0.1) is 6.92 Å². The van der Waals surface area contributed by atoms with Gasteiger partial charge in [0.25, 0.3) is 0 Å². The first-order valence-electron chi connectivity index (χ1n) is 5.55. The van der Waals surface area contributed by atoms with E-state index < -0.39 is 5.91 Å². The van der Waals surface area contributed by atoms with E-state index in [0.29, 0.717) is 16.8 Å². The van der Waals surface area contributed by atoms with Gasteiger partial charge in [-0.3, -0.25) is 4.79 Å². The smallest absolute Gasteiger partial charge is 0.248 e. The number of rotatable bonds is 4. The summed E-state index contributed by atoms with van der Waals surface area (Å²) in [7, 11) is 0. The Morgan fingerprint density at radius 3 is 2.63 bits per heavy atom. The van der Waals surface area contributed by atoms with Crippen LogP contribution in [0.3, 0.4) is 0 Å². The number of hydrogen-bond acceptors (Lipinski definition) is 3. The van der Waals surface area contributed by atoms with E-state index in [-0.39, 0.29) is 0 Å². The monoisotopic (exact) mass is 386 g/mol. The minimum Gasteiger partial charge on any atom is -0.451 e. The van der Waals surface area contributed by atoms with Crippen molar-refractivity contribution in [1.29, 1.82) is 0 Å². The maximum atomic E-state index is 11.1. The quantitative estimate of drug-likeness (QED) is 0.837. The first kappa shape index (κ1) is 14.1. The molecule has 6 heteroatoms. The van der Waals surface area contributed by atoms with Crippen molar-refractivity contribution < 1.29 is 9.21 Å². The van der Waals surface area contributed by atoms with Crippen molar-refractivity contribution in [3.8, 4) is 0 Å².